The maximum Gasteiger partial charge on any atom is 0.104 e. The van der Waals surface area contributed by atoms with Crippen LogP contribution in [0, 0.1) is 41.5 Å². The number of nitrogens with zero attached hydrogens (tertiary/aromatic N) is 2. The molecule has 0 fully saturated rings. The fourth-order valence-corrected chi connectivity index (χ4v) is 3.53. The fourth-order valence-electron chi connectivity index (χ4n) is 2.84. The summed E-state index contributed by atoms with van der Waals surface area (Å²) >= 11 is 1.67. The number of aryl methyl sites for hydroxylation is 4. The van der Waals surface area contributed by atoms with Gasteiger partial charge in [0.2, 0.25) is 0 Å². The predicted octanol–water partition coefficient (Wildman–Crippen LogP) is 5.20. The van der Waals surface area contributed by atoms with Crippen molar-refractivity contribution in [3.05, 3.63) is 44.7 Å². The lowest BCUT2D eigenvalue weighted by atomic mass is 9.98. The molecule has 5 nitrogen and oxygen atoms in total. The van der Waals surface area contributed by atoms with Crippen LogP contribution >= 0.6 is 11.3 Å². The van der Waals surface area contributed by atoms with E-state index in [1.54, 1.807) is 11.3 Å². The first-order valence-corrected chi connectivity index (χ1v) is 8.64. The molecule has 0 unspecified atom stereocenters. The second-order valence-corrected chi connectivity index (χ2v) is 6.78. The van der Waals surface area contributed by atoms with Gasteiger partial charge in [0.25, 0.3) is 0 Å². The van der Waals surface area contributed by atoms with Gasteiger partial charge in [0.1, 0.15) is 11.6 Å². The molecule has 128 valence electrons. The lowest BCUT2D eigenvalue weighted by Gasteiger charge is -2.09. The zero-order valence-corrected chi connectivity index (χ0v) is 16.0. The van der Waals surface area contributed by atoms with E-state index in [2.05, 4.69) is 53.0 Å². The third kappa shape index (κ3) is 3.07. The van der Waals surface area contributed by atoms with Crippen molar-refractivity contribution in [3.8, 4) is 0 Å². The number of aromatic amines is 2. The van der Waals surface area contributed by atoms with Crippen LogP contribution in [0.1, 0.15) is 33.9 Å². The summed E-state index contributed by atoms with van der Waals surface area (Å²) in [6, 6.07) is 0. The molecule has 3 heterocycles. The van der Waals surface area contributed by atoms with Crippen molar-refractivity contribution in [3.63, 3.8) is 0 Å². The SMILES string of the molecule is Cc1nc2c(C)c(C)c(C)c(C)c2[nH]1.Cc1nc2cscc2[nH]1.N. The molecule has 24 heavy (non-hydrogen) atoms. The monoisotopic (exact) mass is 343 g/mol. The van der Waals surface area contributed by atoms with Gasteiger partial charge in [-0.1, -0.05) is 0 Å². The van der Waals surface area contributed by atoms with Crippen LogP contribution in [-0.2, 0) is 0 Å². The van der Waals surface area contributed by atoms with Crippen molar-refractivity contribution in [1.82, 2.24) is 26.1 Å². The summed E-state index contributed by atoms with van der Waals surface area (Å²) in [5, 5.41) is 4.11. The van der Waals surface area contributed by atoms with Gasteiger partial charge in [-0.25, -0.2) is 9.97 Å². The molecule has 4 rings (SSSR count). The average molecular weight is 344 g/mol. The van der Waals surface area contributed by atoms with Crippen LogP contribution in [0.4, 0.5) is 0 Å². The topological polar surface area (TPSA) is 92.4 Å². The summed E-state index contributed by atoms with van der Waals surface area (Å²) in [4.78, 5) is 15.2. The number of hydrogen-bond donors (Lipinski definition) is 3. The number of rotatable bonds is 0. The van der Waals surface area contributed by atoms with Gasteiger partial charge in [0, 0.05) is 10.8 Å². The molecule has 6 heteroatoms. The van der Waals surface area contributed by atoms with E-state index in [-0.39, 0.29) is 6.15 Å². The minimum absolute atomic E-state index is 0. The Kier molecular flexibility index (Phi) is 5.11. The number of thiophene rings is 1. The molecule has 0 aliphatic rings. The van der Waals surface area contributed by atoms with Gasteiger partial charge in [-0.05, 0) is 63.8 Å². The zero-order valence-electron chi connectivity index (χ0n) is 15.2. The molecule has 3 aromatic heterocycles. The Bertz CT molecular complexity index is 917. The molecule has 0 spiro atoms. The molecule has 0 atom stereocenters. The number of nitrogens with one attached hydrogen (secondary N) is 2. The van der Waals surface area contributed by atoms with Crippen molar-refractivity contribution in [1.29, 1.82) is 0 Å². The van der Waals surface area contributed by atoms with E-state index in [4.69, 9.17) is 0 Å². The van der Waals surface area contributed by atoms with Crippen molar-refractivity contribution in [2.45, 2.75) is 41.5 Å². The maximum atomic E-state index is 4.52. The molecule has 0 amide bonds. The Morgan fingerprint density at radius 1 is 0.750 bits per heavy atom. The fraction of sp³-hybridized carbons (Fsp3) is 0.333. The van der Waals surface area contributed by atoms with Crippen LogP contribution < -0.4 is 6.15 Å². The van der Waals surface area contributed by atoms with Crippen LogP contribution in [0.3, 0.4) is 0 Å². The highest BCUT2D eigenvalue weighted by Crippen LogP contribution is 2.26. The van der Waals surface area contributed by atoms with Crippen molar-refractivity contribution < 1.29 is 0 Å². The van der Waals surface area contributed by atoms with E-state index >= 15 is 0 Å². The molecule has 5 N–H and O–H groups in total. The van der Waals surface area contributed by atoms with Gasteiger partial charge >= 0.3 is 0 Å². The normalized spacial score (nSPS) is 10.6. The van der Waals surface area contributed by atoms with E-state index in [0.29, 0.717) is 0 Å². The van der Waals surface area contributed by atoms with Crippen molar-refractivity contribution in [2.75, 3.05) is 0 Å². The van der Waals surface area contributed by atoms with Crippen molar-refractivity contribution in [2.24, 2.45) is 0 Å². The maximum absolute atomic E-state index is 4.52. The van der Waals surface area contributed by atoms with Gasteiger partial charge in [-0.15, -0.1) is 11.3 Å². The van der Waals surface area contributed by atoms with Gasteiger partial charge < -0.3 is 16.1 Å². The lowest BCUT2D eigenvalue weighted by Crippen LogP contribution is -1.92. The molecular formula is C18H25N5S. The molecule has 4 aromatic rings. The quantitative estimate of drug-likeness (QED) is 0.410. The summed E-state index contributed by atoms with van der Waals surface area (Å²) in [7, 11) is 0. The molecular weight excluding hydrogens is 318 g/mol. The second-order valence-electron chi connectivity index (χ2n) is 6.04. The van der Waals surface area contributed by atoms with Crippen LogP contribution in [-0.4, -0.2) is 19.9 Å². The minimum Gasteiger partial charge on any atom is -0.344 e. The molecule has 0 aliphatic heterocycles. The zero-order chi connectivity index (χ0) is 16.7. The predicted molar refractivity (Wildman–Crippen MR) is 104 cm³/mol. The Morgan fingerprint density at radius 3 is 2.04 bits per heavy atom. The largest absolute Gasteiger partial charge is 0.344 e. The van der Waals surface area contributed by atoms with Gasteiger partial charge in [-0.2, -0.15) is 0 Å². The molecule has 0 aliphatic carbocycles. The number of imidazole rings is 2. The summed E-state index contributed by atoms with van der Waals surface area (Å²) in [6.45, 7) is 12.6. The summed E-state index contributed by atoms with van der Waals surface area (Å²) in [5.41, 5.74) is 9.91. The lowest BCUT2D eigenvalue weighted by molar-refractivity contribution is 1.17. The Balaban J connectivity index is 0.000000181. The van der Waals surface area contributed by atoms with E-state index in [0.717, 1.165) is 28.2 Å². The smallest absolute Gasteiger partial charge is 0.104 e. The third-order valence-corrected chi connectivity index (χ3v) is 5.22. The highest BCUT2D eigenvalue weighted by Gasteiger charge is 2.11. The first kappa shape index (κ1) is 18.2. The van der Waals surface area contributed by atoms with Crippen LogP contribution in [0.25, 0.3) is 22.1 Å². The standard InChI is InChI=1S/C12H16N2.C6H6N2S.H3N/c1-6-7(2)9(4)12-11(8(6)3)13-10(5)14-12;1-4-7-5-2-9-3-6(5)8-4;/h1-5H3,(H,13,14);2-3H,1H3,(H,7,8);1H3. The number of hydrogen-bond acceptors (Lipinski definition) is 4. The number of fused-ring (bicyclic) bond motifs is 2. The van der Waals surface area contributed by atoms with Gasteiger partial charge in [-0.3, -0.25) is 0 Å². The highest BCUT2D eigenvalue weighted by atomic mass is 32.1. The number of benzene rings is 1. The Hall–Kier alpha value is -2.18. The third-order valence-electron chi connectivity index (χ3n) is 4.49. The van der Waals surface area contributed by atoms with E-state index in [1.807, 2.05) is 19.2 Å². The minimum atomic E-state index is 0. The number of H-pyrrole nitrogens is 2. The highest BCUT2D eigenvalue weighted by molar-refractivity contribution is 7.09. The summed E-state index contributed by atoms with van der Waals surface area (Å²) in [6.07, 6.45) is 0. The van der Waals surface area contributed by atoms with Crippen molar-refractivity contribution >= 4 is 33.4 Å². The first-order chi connectivity index (χ1) is 10.9. The van der Waals surface area contributed by atoms with E-state index in [1.165, 1.54) is 27.8 Å². The second kappa shape index (κ2) is 6.75. The molecule has 0 saturated heterocycles. The Morgan fingerprint density at radius 2 is 1.38 bits per heavy atom. The van der Waals surface area contributed by atoms with E-state index in [9.17, 15) is 0 Å². The summed E-state index contributed by atoms with van der Waals surface area (Å²) < 4.78 is 0. The molecule has 1 aromatic carbocycles. The molecule has 0 saturated carbocycles. The molecule has 0 bridgehead atoms. The van der Waals surface area contributed by atoms with Gasteiger partial charge in [0.15, 0.2) is 0 Å². The van der Waals surface area contributed by atoms with E-state index < -0.39 is 0 Å². The van der Waals surface area contributed by atoms with Crippen LogP contribution in [0.2, 0.25) is 0 Å². The number of aromatic nitrogens is 4. The first-order valence-electron chi connectivity index (χ1n) is 7.69. The molecule has 0 radical (unpaired) electrons. The van der Waals surface area contributed by atoms with Crippen LogP contribution in [0.15, 0.2) is 10.8 Å². The summed E-state index contributed by atoms with van der Waals surface area (Å²) in [5.74, 6) is 1.99. The Labute approximate surface area is 146 Å². The van der Waals surface area contributed by atoms with Gasteiger partial charge in [0.05, 0.1) is 22.1 Å². The average Bonchev–Trinajstić information content (AvgIpc) is 3.17. The van der Waals surface area contributed by atoms with Crippen LogP contribution in [0.5, 0.6) is 0 Å².